The smallest absolute Gasteiger partial charge is 0.414 e. The highest BCUT2D eigenvalue weighted by molar-refractivity contribution is 6.27. The Labute approximate surface area is 193 Å². The van der Waals surface area contributed by atoms with Gasteiger partial charge in [0.05, 0.1) is 0 Å². The summed E-state index contributed by atoms with van der Waals surface area (Å²) in [6, 6.07) is 19.2. The number of benzene rings is 2. The van der Waals surface area contributed by atoms with Gasteiger partial charge in [0.25, 0.3) is 5.91 Å². The monoisotopic (exact) mass is 450 g/mol. The summed E-state index contributed by atoms with van der Waals surface area (Å²) in [7, 11) is 0. The molecule has 2 N–H and O–H groups in total. The Hall–Kier alpha value is -3.19. The number of hydrogen-bond acceptors (Lipinski definition) is 4. The van der Waals surface area contributed by atoms with Gasteiger partial charge in [-0.15, -0.1) is 0 Å². The number of piperazine rings is 1. The first-order valence-corrected chi connectivity index (χ1v) is 11.6. The van der Waals surface area contributed by atoms with Crippen LogP contribution in [-0.4, -0.2) is 70.1 Å². The Morgan fingerprint density at radius 2 is 1.33 bits per heavy atom. The Bertz CT molecular complexity index is 972. The van der Waals surface area contributed by atoms with E-state index in [9.17, 15) is 4.79 Å². The number of amides is 1. The molecule has 2 aliphatic carbocycles. The van der Waals surface area contributed by atoms with Crippen LogP contribution in [0.15, 0.2) is 54.6 Å². The van der Waals surface area contributed by atoms with E-state index < -0.39 is 11.9 Å². The minimum absolute atomic E-state index is 0.183. The zero-order valence-corrected chi connectivity index (χ0v) is 18.6. The van der Waals surface area contributed by atoms with Crippen LogP contribution in [0.5, 0.6) is 0 Å². The van der Waals surface area contributed by atoms with Crippen LogP contribution in [0, 0.1) is 11.8 Å². The van der Waals surface area contributed by atoms with Crippen molar-refractivity contribution < 1.29 is 24.6 Å². The molecule has 3 atom stereocenters. The van der Waals surface area contributed by atoms with Crippen molar-refractivity contribution in [2.24, 2.45) is 11.8 Å². The molecule has 1 heterocycles. The summed E-state index contributed by atoms with van der Waals surface area (Å²) in [6.07, 6.45) is 5.75. The molecule has 3 fully saturated rings. The zero-order chi connectivity index (χ0) is 23.4. The van der Waals surface area contributed by atoms with Gasteiger partial charge in [-0.25, -0.2) is 9.59 Å². The molecular formula is C26H30N2O5. The van der Waals surface area contributed by atoms with Gasteiger partial charge in [0.2, 0.25) is 0 Å². The molecule has 1 amide bonds. The SMILES string of the molecule is O=C(O)C(=O)O.O=C(c1ccc(-c2ccccc2)cc1)N1CCN(C2CC3CCC2C3)CC1. The predicted molar refractivity (Wildman–Crippen MR) is 124 cm³/mol. The maximum atomic E-state index is 12.9. The lowest BCUT2D eigenvalue weighted by molar-refractivity contribution is -0.159. The van der Waals surface area contributed by atoms with Gasteiger partial charge in [-0.2, -0.15) is 0 Å². The minimum atomic E-state index is -1.82. The number of rotatable bonds is 3. The van der Waals surface area contributed by atoms with E-state index in [0.29, 0.717) is 0 Å². The van der Waals surface area contributed by atoms with Crippen molar-refractivity contribution in [3.05, 3.63) is 60.2 Å². The first-order valence-electron chi connectivity index (χ1n) is 11.6. The molecule has 5 rings (SSSR count). The molecular weight excluding hydrogens is 420 g/mol. The maximum Gasteiger partial charge on any atom is 0.414 e. The van der Waals surface area contributed by atoms with E-state index in [-0.39, 0.29) is 5.91 Å². The van der Waals surface area contributed by atoms with Gasteiger partial charge < -0.3 is 15.1 Å². The first kappa shape index (κ1) is 23.0. The minimum Gasteiger partial charge on any atom is -0.473 e. The van der Waals surface area contributed by atoms with Crippen molar-refractivity contribution in [2.75, 3.05) is 26.2 Å². The second-order valence-corrected chi connectivity index (χ2v) is 9.12. The van der Waals surface area contributed by atoms with Gasteiger partial charge in [0.1, 0.15) is 0 Å². The Morgan fingerprint density at radius 3 is 1.85 bits per heavy atom. The summed E-state index contributed by atoms with van der Waals surface area (Å²) in [5, 5.41) is 14.8. The summed E-state index contributed by atoms with van der Waals surface area (Å²) in [5.41, 5.74) is 3.16. The van der Waals surface area contributed by atoms with Crippen LogP contribution >= 0.6 is 0 Å². The summed E-state index contributed by atoms with van der Waals surface area (Å²) in [5.74, 6) is -1.54. The second kappa shape index (κ2) is 10.2. The fourth-order valence-electron chi connectivity index (χ4n) is 5.53. The van der Waals surface area contributed by atoms with Gasteiger partial charge in [0, 0.05) is 37.8 Å². The van der Waals surface area contributed by atoms with Crippen LogP contribution in [0.3, 0.4) is 0 Å². The molecule has 1 aliphatic heterocycles. The van der Waals surface area contributed by atoms with Crippen LogP contribution in [0.4, 0.5) is 0 Å². The number of carbonyl (C=O) groups is 3. The molecule has 33 heavy (non-hydrogen) atoms. The van der Waals surface area contributed by atoms with E-state index in [1.165, 1.54) is 31.2 Å². The quantitative estimate of drug-likeness (QED) is 0.695. The van der Waals surface area contributed by atoms with E-state index >= 15 is 0 Å². The second-order valence-electron chi connectivity index (χ2n) is 9.12. The highest BCUT2D eigenvalue weighted by Crippen LogP contribution is 2.46. The average molecular weight is 451 g/mol. The Balaban J connectivity index is 0.000000385. The van der Waals surface area contributed by atoms with E-state index in [1.54, 1.807) is 0 Å². The van der Waals surface area contributed by atoms with Crippen LogP contribution in [0.2, 0.25) is 0 Å². The molecule has 2 saturated carbocycles. The molecule has 2 aromatic carbocycles. The van der Waals surface area contributed by atoms with Crippen LogP contribution < -0.4 is 0 Å². The van der Waals surface area contributed by atoms with Crippen molar-refractivity contribution in [1.29, 1.82) is 0 Å². The summed E-state index contributed by atoms with van der Waals surface area (Å²) in [4.78, 5) is 35.8. The largest absolute Gasteiger partial charge is 0.473 e. The van der Waals surface area contributed by atoms with Gasteiger partial charge in [-0.3, -0.25) is 9.69 Å². The number of carboxylic acids is 2. The topological polar surface area (TPSA) is 98.1 Å². The van der Waals surface area contributed by atoms with Gasteiger partial charge in [-0.1, -0.05) is 48.9 Å². The molecule has 3 aliphatic rings. The number of carbonyl (C=O) groups excluding carboxylic acids is 1. The van der Waals surface area contributed by atoms with Crippen LogP contribution in [0.25, 0.3) is 11.1 Å². The lowest BCUT2D eigenvalue weighted by Gasteiger charge is -2.41. The van der Waals surface area contributed by atoms with Crippen molar-refractivity contribution in [2.45, 2.75) is 31.7 Å². The molecule has 0 aromatic heterocycles. The third kappa shape index (κ3) is 5.42. The molecule has 0 radical (unpaired) electrons. The van der Waals surface area contributed by atoms with Crippen LogP contribution in [-0.2, 0) is 9.59 Å². The molecule has 0 spiro atoms. The van der Waals surface area contributed by atoms with Crippen LogP contribution in [0.1, 0.15) is 36.0 Å². The van der Waals surface area contributed by atoms with E-state index in [0.717, 1.165) is 55.2 Å². The Kier molecular flexibility index (Phi) is 7.08. The number of hydrogen-bond donors (Lipinski definition) is 2. The number of nitrogens with zero attached hydrogens (tertiary/aromatic N) is 2. The van der Waals surface area contributed by atoms with Crippen molar-refractivity contribution in [3.8, 4) is 11.1 Å². The van der Waals surface area contributed by atoms with Gasteiger partial charge >= 0.3 is 11.9 Å². The van der Waals surface area contributed by atoms with Crippen molar-refractivity contribution >= 4 is 17.8 Å². The third-order valence-corrected chi connectivity index (χ3v) is 7.19. The van der Waals surface area contributed by atoms with E-state index in [2.05, 4.69) is 29.2 Å². The van der Waals surface area contributed by atoms with Gasteiger partial charge in [-0.05, 0) is 54.4 Å². The molecule has 2 aromatic rings. The molecule has 1 saturated heterocycles. The highest BCUT2D eigenvalue weighted by atomic mass is 16.4. The normalized spacial score (nSPS) is 24.1. The maximum absolute atomic E-state index is 12.9. The highest BCUT2D eigenvalue weighted by Gasteiger charge is 2.42. The third-order valence-electron chi connectivity index (χ3n) is 7.19. The summed E-state index contributed by atoms with van der Waals surface area (Å²) < 4.78 is 0. The van der Waals surface area contributed by atoms with Crippen molar-refractivity contribution in [1.82, 2.24) is 9.80 Å². The number of carboxylic acid groups (broad SMARTS) is 2. The predicted octanol–water partition coefficient (Wildman–Crippen LogP) is 3.46. The first-order chi connectivity index (χ1) is 15.9. The Morgan fingerprint density at radius 1 is 0.727 bits per heavy atom. The standard InChI is InChI=1S/C24H28N2O.C2H2O4/c27-24(21-10-8-20(9-11-21)19-4-2-1-3-5-19)26-14-12-25(13-15-26)23-17-18-6-7-22(23)16-18;3-1(4)2(5)6/h1-5,8-11,18,22-23H,6-7,12-17H2;(H,3,4)(H,5,6). The molecule has 2 bridgehead atoms. The van der Waals surface area contributed by atoms with E-state index in [1.807, 2.05) is 35.2 Å². The zero-order valence-electron chi connectivity index (χ0n) is 18.6. The molecule has 7 nitrogen and oxygen atoms in total. The fraction of sp³-hybridized carbons (Fsp3) is 0.423. The fourth-order valence-corrected chi connectivity index (χ4v) is 5.53. The molecule has 174 valence electrons. The lowest BCUT2D eigenvalue weighted by atomic mass is 9.93. The van der Waals surface area contributed by atoms with Crippen molar-refractivity contribution in [3.63, 3.8) is 0 Å². The summed E-state index contributed by atoms with van der Waals surface area (Å²) >= 11 is 0. The molecule has 7 heteroatoms. The van der Waals surface area contributed by atoms with E-state index in [4.69, 9.17) is 19.8 Å². The number of fused-ring (bicyclic) bond motifs is 2. The average Bonchev–Trinajstić information content (AvgIpc) is 3.49. The van der Waals surface area contributed by atoms with Gasteiger partial charge in [0.15, 0.2) is 0 Å². The number of aliphatic carboxylic acids is 2. The lowest BCUT2D eigenvalue weighted by Crippen LogP contribution is -2.53. The summed E-state index contributed by atoms with van der Waals surface area (Å²) in [6.45, 7) is 3.82. The molecule has 3 unspecified atom stereocenters.